The molecule has 1 unspecified atom stereocenters. The van der Waals surface area contributed by atoms with Gasteiger partial charge in [0, 0.05) is 20.5 Å². The van der Waals surface area contributed by atoms with E-state index in [2.05, 4.69) is 11.7 Å². The zero-order valence-corrected chi connectivity index (χ0v) is 16.1. The van der Waals surface area contributed by atoms with Crippen molar-refractivity contribution in [3.8, 4) is 0 Å². The van der Waals surface area contributed by atoms with Gasteiger partial charge in [-0.3, -0.25) is 14.4 Å². The summed E-state index contributed by atoms with van der Waals surface area (Å²) in [6.07, 6.45) is 10.2. The third-order valence-electron chi connectivity index (χ3n) is 4.13. The second-order valence-electron chi connectivity index (χ2n) is 6.63. The molecule has 1 atom stereocenters. The molecule has 6 heteroatoms. The molecule has 0 bridgehead atoms. The number of hydrogen-bond donors (Lipinski definition) is 1. The molecule has 1 amide bonds. The molecule has 0 radical (unpaired) electrons. The molecule has 0 fully saturated rings. The number of aliphatic hydroxyl groups excluding tert-OH is 1. The molecule has 25 heavy (non-hydrogen) atoms. The molecule has 0 saturated carbocycles. The van der Waals surface area contributed by atoms with Crippen LogP contribution in [0, 0.1) is 0 Å². The molecule has 0 heterocycles. The lowest BCUT2D eigenvalue weighted by molar-refractivity contribution is -0.161. The van der Waals surface area contributed by atoms with Crippen molar-refractivity contribution < 1.29 is 24.2 Å². The average Bonchev–Trinajstić information content (AvgIpc) is 2.54. The predicted molar refractivity (Wildman–Crippen MR) is 96.9 cm³/mol. The Bertz CT molecular complexity index is 397. The number of nitrogens with zero attached hydrogens (tertiary/aromatic N) is 1. The van der Waals surface area contributed by atoms with Crippen LogP contribution in [0.3, 0.4) is 0 Å². The number of carbonyl (C=O) groups excluding carboxylic acids is 3. The number of aliphatic hydroxyl groups is 1. The van der Waals surface area contributed by atoms with Gasteiger partial charge in [-0.15, -0.1) is 0 Å². The smallest absolute Gasteiger partial charge is 0.316 e. The van der Waals surface area contributed by atoms with E-state index < -0.39 is 30.4 Å². The van der Waals surface area contributed by atoms with Crippen LogP contribution in [0.5, 0.6) is 0 Å². The van der Waals surface area contributed by atoms with Crippen LogP contribution in [0.4, 0.5) is 0 Å². The molecule has 0 saturated heterocycles. The number of carbonyl (C=O) groups is 3. The van der Waals surface area contributed by atoms with Crippen molar-refractivity contribution in [2.24, 2.45) is 0 Å². The van der Waals surface area contributed by atoms with Gasteiger partial charge in [0.15, 0.2) is 0 Å². The zero-order valence-electron chi connectivity index (χ0n) is 16.1. The van der Waals surface area contributed by atoms with Crippen molar-refractivity contribution in [3.63, 3.8) is 0 Å². The molecule has 0 aromatic heterocycles. The predicted octanol–water partition coefficient (Wildman–Crippen LogP) is 3.21. The summed E-state index contributed by atoms with van der Waals surface area (Å²) in [4.78, 5) is 35.3. The summed E-state index contributed by atoms with van der Waals surface area (Å²) in [5.74, 6) is -2.15. The number of hydrogen-bond acceptors (Lipinski definition) is 5. The van der Waals surface area contributed by atoms with Crippen molar-refractivity contribution in [3.05, 3.63) is 0 Å². The van der Waals surface area contributed by atoms with E-state index in [1.165, 1.54) is 49.8 Å². The van der Waals surface area contributed by atoms with E-state index in [0.717, 1.165) is 26.2 Å². The van der Waals surface area contributed by atoms with Crippen LogP contribution in [0.25, 0.3) is 0 Å². The maximum atomic E-state index is 11.9. The Morgan fingerprint density at radius 2 is 1.40 bits per heavy atom. The Morgan fingerprint density at radius 3 is 1.88 bits per heavy atom. The molecule has 0 spiro atoms. The molecule has 0 aliphatic rings. The average molecular weight is 357 g/mol. The van der Waals surface area contributed by atoms with Crippen molar-refractivity contribution in [2.45, 2.75) is 90.6 Å². The summed E-state index contributed by atoms with van der Waals surface area (Å²) in [6, 6.07) is 0. The topological polar surface area (TPSA) is 83.9 Å². The Hall–Kier alpha value is -1.43. The van der Waals surface area contributed by atoms with Gasteiger partial charge >= 0.3 is 11.9 Å². The van der Waals surface area contributed by atoms with Gasteiger partial charge in [0.1, 0.15) is 6.10 Å². The summed E-state index contributed by atoms with van der Waals surface area (Å²) in [6.45, 7) is 3.87. The Labute approximate surface area is 151 Å². The third-order valence-corrected chi connectivity index (χ3v) is 4.13. The van der Waals surface area contributed by atoms with E-state index in [0.29, 0.717) is 6.54 Å². The SMILES string of the molecule is CCCCCCCCCCCCN(C)C(=O)C(O)CC(=O)OC(C)=O. The number of ether oxygens (including phenoxy) is 1. The molecule has 0 aliphatic heterocycles. The first-order valence-corrected chi connectivity index (χ1v) is 9.52. The fourth-order valence-electron chi connectivity index (χ4n) is 2.65. The number of rotatable bonds is 14. The fraction of sp³-hybridized carbons (Fsp3) is 0.842. The molecule has 146 valence electrons. The summed E-state index contributed by atoms with van der Waals surface area (Å²) < 4.78 is 4.31. The van der Waals surface area contributed by atoms with E-state index in [1.54, 1.807) is 7.05 Å². The van der Waals surface area contributed by atoms with Gasteiger partial charge in [0.25, 0.3) is 5.91 Å². The Kier molecular flexibility index (Phi) is 14.0. The van der Waals surface area contributed by atoms with Crippen LogP contribution >= 0.6 is 0 Å². The first-order valence-electron chi connectivity index (χ1n) is 9.52. The molecule has 0 aromatic carbocycles. The Balaban J connectivity index is 3.70. The van der Waals surface area contributed by atoms with Gasteiger partial charge in [-0.25, -0.2) is 0 Å². The van der Waals surface area contributed by atoms with Crippen LogP contribution in [0.1, 0.15) is 84.5 Å². The highest BCUT2D eigenvalue weighted by atomic mass is 16.6. The van der Waals surface area contributed by atoms with Gasteiger partial charge < -0.3 is 14.7 Å². The molecule has 1 N–H and O–H groups in total. The zero-order chi connectivity index (χ0) is 19.1. The first kappa shape index (κ1) is 23.6. The highest BCUT2D eigenvalue weighted by Gasteiger charge is 2.23. The molecular formula is C19H35NO5. The van der Waals surface area contributed by atoms with Crippen LogP contribution in [0.2, 0.25) is 0 Å². The van der Waals surface area contributed by atoms with Crippen molar-refractivity contribution in [1.82, 2.24) is 4.90 Å². The van der Waals surface area contributed by atoms with Crippen molar-refractivity contribution in [1.29, 1.82) is 0 Å². The van der Waals surface area contributed by atoms with Crippen molar-refractivity contribution in [2.75, 3.05) is 13.6 Å². The number of unbranched alkanes of at least 4 members (excludes halogenated alkanes) is 9. The van der Waals surface area contributed by atoms with Gasteiger partial charge in [-0.05, 0) is 6.42 Å². The lowest BCUT2D eigenvalue weighted by Gasteiger charge is -2.20. The Morgan fingerprint density at radius 1 is 0.920 bits per heavy atom. The maximum Gasteiger partial charge on any atom is 0.316 e. The van der Waals surface area contributed by atoms with Crippen LogP contribution in [0.15, 0.2) is 0 Å². The van der Waals surface area contributed by atoms with Gasteiger partial charge in [-0.1, -0.05) is 64.7 Å². The minimum absolute atomic E-state index is 0.499. The lowest BCUT2D eigenvalue weighted by atomic mass is 10.1. The molecule has 6 nitrogen and oxygen atoms in total. The minimum Gasteiger partial charge on any atom is -0.393 e. The summed E-state index contributed by atoms with van der Waals surface area (Å²) in [7, 11) is 1.61. The number of likely N-dealkylation sites (N-methyl/N-ethyl adjacent to an activating group) is 1. The van der Waals surface area contributed by atoms with E-state index in [4.69, 9.17) is 0 Å². The fourth-order valence-corrected chi connectivity index (χ4v) is 2.65. The normalized spacial score (nSPS) is 11.8. The quantitative estimate of drug-likeness (QED) is 0.293. The summed E-state index contributed by atoms with van der Waals surface area (Å²) in [5, 5.41) is 9.73. The highest BCUT2D eigenvalue weighted by Crippen LogP contribution is 2.11. The molecule has 0 rings (SSSR count). The third kappa shape index (κ3) is 13.5. The summed E-state index contributed by atoms with van der Waals surface area (Å²) >= 11 is 0. The van der Waals surface area contributed by atoms with E-state index in [9.17, 15) is 19.5 Å². The van der Waals surface area contributed by atoms with Crippen LogP contribution < -0.4 is 0 Å². The van der Waals surface area contributed by atoms with Gasteiger partial charge in [0.05, 0.1) is 6.42 Å². The van der Waals surface area contributed by atoms with Crippen molar-refractivity contribution >= 4 is 17.8 Å². The lowest BCUT2D eigenvalue weighted by Crippen LogP contribution is -2.38. The summed E-state index contributed by atoms with van der Waals surface area (Å²) in [5.41, 5.74) is 0. The molecule has 0 aliphatic carbocycles. The van der Waals surface area contributed by atoms with E-state index in [1.807, 2.05) is 0 Å². The van der Waals surface area contributed by atoms with Gasteiger partial charge in [0.2, 0.25) is 0 Å². The van der Waals surface area contributed by atoms with Gasteiger partial charge in [-0.2, -0.15) is 0 Å². The second kappa shape index (κ2) is 14.9. The largest absolute Gasteiger partial charge is 0.393 e. The monoisotopic (exact) mass is 357 g/mol. The van der Waals surface area contributed by atoms with E-state index in [-0.39, 0.29) is 0 Å². The standard InChI is InChI=1S/C19H35NO5/c1-4-5-6-7-8-9-10-11-12-13-14-20(3)19(24)17(22)15-18(23)25-16(2)21/h17,22H,4-15H2,1-3H3. The molecule has 0 aromatic rings. The highest BCUT2D eigenvalue weighted by molar-refractivity contribution is 5.89. The van der Waals surface area contributed by atoms with E-state index >= 15 is 0 Å². The first-order chi connectivity index (χ1) is 11.9. The number of esters is 2. The van der Waals surface area contributed by atoms with Crippen LogP contribution in [-0.4, -0.2) is 47.5 Å². The maximum absolute atomic E-state index is 11.9. The van der Waals surface area contributed by atoms with Crippen LogP contribution in [-0.2, 0) is 19.1 Å². The second-order valence-corrected chi connectivity index (χ2v) is 6.63. The number of amides is 1. The molecular weight excluding hydrogens is 322 g/mol. The minimum atomic E-state index is -1.46.